The molecule has 4 nitrogen and oxygen atoms in total. The molecule has 0 radical (unpaired) electrons. The second kappa shape index (κ2) is 7.66. The number of carbonyl (C=O) groups excluding carboxylic acids is 1. The maximum atomic E-state index is 12.1. The van der Waals surface area contributed by atoms with Crippen LogP contribution in [0.4, 0.5) is 11.4 Å². The van der Waals surface area contributed by atoms with Crippen molar-refractivity contribution in [2.75, 3.05) is 31.2 Å². The quantitative estimate of drug-likeness (QED) is 0.820. The van der Waals surface area contributed by atoms with Gasteiger partial charge in [0.25, 0.3) is 0 Å². The van der Waals surface area contributed by atoms with Crippen molar-refractivity contribution in [3.8, 4) is 0 Å². The minimum Gasteiger partial charge on any atom is -0.397 e. The zero-order chi connectivity index (χ0) is 15.2. The lowest BCUT2D eigenvalue weighted by atomic mass is 9.89. The highest BCUT2D eigenvalue weighted by Crippen LogP contribution is 2.24. The second-order valence-electron chi connectivity index (χ2n) is 5.98. The van der Waals surface area contributed by atoms with Crippen LogP contribution >= 0.6 is 11.6 Å². The summed E-state index contributed by atoms with van der Waals surface area (Å²) in [6, 6.07) is 5.10. The van der Waals surface area contributed by atoms with Crippen molar-refractivity contribution in [2.24, 2.45) is 5.92 Å². The molecule has 116 valence electrons. The Hall–Kier alpha value is -1.26. The van der Waals surface area contributed by atoms with E-state index < -0.39 is 0 Å². The van der Waals surface area contributed by atoms with Crippen LogP contribution in [-0.4, -0.2) is 30.9 Å². The van der Waals surface area contributed by atoms with Crippen LogP contribution in [0, 0.1) is 5.92 Å². The molecular formula is C16H24ClN3O. The van der Waals surface area contributed by atoms with E-state index in [4.69, 9.17) is 17.3 Å². The summed E-state index contributed by atoms with van der Waals surface area (Å²) >= 11 is 5.85. The number of likely N-dealkylation sites (N-methyl/N-ethyl adjacent to an activating group) is 1. The Labute approximate surface area is 131 Å². The average Bonchev–Trinajstić information content (AvgIpc) is 2.43. The Balaban J connectivity index is 1.80. The SMILES string of the molecule is CN(CC(=O)Nc1ccc(Cl)cc1N)CC1CCCCC1. The van der Waals surface area contributed by atoms with Crippen LogP contribution in [0.15, 0.2) is 18.2 Å². The van der Waals surface area contributed by atoms with Crippen molar-refractivity contribution < 1.29 is 4.79 Å². The molecule has 21 heavy (non-hydrogen) atoms. The molecular weight excluding hydrogens is 286 g/mol. The number of amides is 1. The summed E-state index contributed by atoms with van der Waals surface area (Å²) in [5.74, 6) is 0.694. The lowest BCUT2D eigenvalue weighted by molar-refractivity contribution is -0.117. The number of rotatable bonds is 5. The van der Waals surface area contributed by atoms with Gasteiger partial charge < -0.3 is 11.1 Å². The molecule has 1 amide bonds. The molecule has 2 rings (SSSR count). The van der Waals surface area contributed by atoms with E-state index in [0.29, 0.717) is 22.9 Å². The number of benzene rings is 1. The van der Waals surface area contributed by atoms with E-state index in [0.717, 1.165) is 12.5 Å². The topological polar surface area (TPSA) is 58.4 Å². The van der Waals surface area contributed by atoms with E-state index >= 15 is 0 Å². The fourth-order valence-electron chi connectivity index (χ4n) is 2.96. The van der Waals surface area contributed by atoms with Crippen molar-refractivity contribution in [1.82, 2.24) is 4.90 Å². The monoisotopic (exact) mass is 309 g/mol. The van der Waals surface area contributed by atoms with Gasteiger partial charge in [0, 0.05) is 11.6 Å². The van der Waals surface area contributed by atoms with Crippen molar-refractivity contribution in [2.45, 2.75) is 32.1 Å². The van der Waals surface area contributed by atoms with Crippen LogP contribution in [0.1, 0.15) is 32.1 Å². The third-order valence-electron chi connectivity index (χ3n) is 4.00. The first kappa shape index (κ1) is 16.1. The van der Waals surface area contributed by atoms with Gasteiger partial charge in [0.05, 0.1) is 17.9 Å². The zero-order valence-electron chi connectivity index (χ0n) is 12.6. The van der Waals surface area contributed by atoms with Gasteiger partial charge in [-0.3, -0.25) is 9.69 Å². The van der Waals surface area contributed by atoms with Crippen molar-refractivity contribution >= 4 is 28.9 Å². The lowest BCUT2D eigenvalue weighted by Gasteiger charge is -2.26. The van der Waals surface area contributed by atoms with Gasteiger partial charge in [-0.05, 0) is 44.0 Å². The van der Waals surface area contributed by atoms with Crippen LogP contribution in [-0.2, 0) is 4.79 Å². The number of nitrogens with two attached hydrogens (primary N) is 1. The normalized spacial score (nSPS) is 16.1. The third kappa shape index (κ3) is 5.21. The van der Waals surface area contributed by atoms with Crippen LogP contribution < -0.4 is 11.1 Å². The Morgan fingerprint density at radius 2 is 2.10 bits per heavy atom. The lowest BCUT2D eigenvalue weighted by Crippen LogP contribution is -2.34. The highest BCUT2D eigenvalue weighted by Gasteiger charge is 2.17. The molecule has 0 aliphatic heterocycles. The molecule has 1 fully saturated rings. The van der Waals surface area contributed by atoms with Gasteiger partial charge in [0.2, 0.25) is 5.91 Å². The Morgan fingerprint density at radius 1 is 1.38 bits per heavy atom. The maximum Gasteiger partial charge on any atom is 0.238 e. The van der Waals surface area contributed by atoms with Gasteiger partial charge in [-0.1, -0.05) is 30.9 Å². The Morgan fingerprint density at radius 3 is 2.76 bits per heavy atom. The highest BCUT2D eigenvalue weighted by molar-refractivity contribution is 6.31. The first-order valence-electron chi connectivity index (χ1n) is 7.58. The van der Waals surface area contributed by atoms with E-state index in [1.165, 1.54) is 32.1 Å². The van der Waals surface area contributed by atoms with Crippen LogP contribution in [0.5, 0.6) is 0 Å². The van der Waals surface area contributed by atoms with Gasteiger partial charge in [0.15, 0.2) is 0 Å². The number of hydrogen-bond acceptors (Lipinski definition) is 3. The number of nitrogens with one attached hydrogen (secondary N) is 1. The molecule has 0 atom stereocenters. The summed E-state index contributed by atoms with van der Waals surface area (Å²) in [4.78, 5) is 14.2. The van der Waals surface area contributed by atoms with Gasteiger partial charge in [0.1, 0.15) is 0 Å². The summed E-state index contributed by atoms with van der Waals surface area (Å²) in [5.41, 5.74) is 6.95. The van der Waals surface area contributed by atoms with Gasteiger partial charge >= 0.3 is 0 Å². The van der Waals surface area contributed by atoms with E-state index in [9.17, 15) is 4.79 Å². The highest BCUT2D eigenvalue weighted by atomic mass is 35.5. The molecule has 1 aromatic rings. The minimum absolute atomic E-state index is 0.0395. The van der Waals surface area contributed by atoms with Crippen LogP contribution in [0.2, 0.25) is 5.02 Å². The number of halogens is 1. The molecule has 1 aliphatic rings. The van der Waals surface area contributed by atoms with Crippen molar-refractivity contribution in [3.05, 3.63) is 23.2 Å². The molecule has 0 unspecified atom stereocenters. The predicted octanol–water partition coefficient (Wildman–Crippen LogP) is 3.37. The van der Waals surface area contributed by atoms with E-state index in [2.05, 4.69) is 10.2 Å². The van der Waals surface area contributed by atoms with Gasteiger partial charge in [-0.15, -0.1) is 0 Å². The van der Waals surface area contributed by atoms with E-state index in [1.54, 1.807) is 18.2 Å². The smallest absolute Gasteiger partial charge is 0.238 e. The molecule has 0 bridgehead atoms. The summed E-state index contributed by atoms with van der Waals surface area (Å²) in [7, 11) is 2.00. The first-order chi connectivity index (χ1) is 10.0. The summed E-state index contributed by atoms with van der Waals surface area (Å²) in [6.45, 7) is 1.38. The number of hydrogen-bond donors (Lipinski definition) is 2. The van der Waals surface area contributed by atoms with Crippen molar-refractivity contribution in [1.29, 1.82) is 0 Å². The molecule has 0 spiro atoms. The van der Waals surface area contributed by atoms with E-state index in [-0.39, 0.29) is 5.91 Å². The van der Waals surface area contributed by atoms with Gasteiger partial charge in [-0.2, -0.15) is 0 Å². The Kier molecular flexibility index (Phi) is 5.88. The molecule has 0 heterocycles. The molecule has 0 saturated heterocycles. The standard InChI is InChI=1S/C16H24ClN3O/c1-20(10-12-5-3-2-4-6-12)11-16(21)19-15-8-7-13(17)9-14(15)18/h7-9,12H,2-6,10-11,18H2,1H3,(H,19,21). The first-order valence-corrected chi connectivity index (χ1v) is 7.96. The van der Waals surface area contributed by atoms with Gasteiger partial charge in [-0.25, -0.2) is 0 Å². The summed E-state index contributed by atoms with van der Waals surface area (Å²) in [5, 5.41) is 3.41. The number of nitrogen functional groups attached to an aromatic ring is 1. The van der Waals surface area contributed by atoms with Crippen LogP contribution in [0.3, 0.4) is 0 Å². The molecule has 3 N–H and O–H groups in total. The molecule has 1 saturated carbocycles. The predicted molar refractivity (Wildman–Crippen MR) is 88.6 cm³/mol. The number of anilines is 2. The molecule has 0 aromatic heterocycles. The maximum absolute atomic E-state index is 12.1. The summed E-state index contributed by atoms with van der Waals surface area (Å²) < 4.78 is 0. The average molecular weight is 310 g/mol. The third-order valence-corrected chi connectivity index (χ3v) is 4.23. The number of carbonyl (C=O) groups is 1. The zero-order valence-corrected chi connectivity index (χ0v) is 13.3. The minimum atomic E-state index is -0.0395. The molecule has 5 heteroatoms. The van der Waals surface area contributed by atoms with Crippen molar-refractivity contribution in [3.63, 3.8) is 0 Å². The summed E-state index contributed by atoms with van der Waals surface area (Å²) in [6.07, 6.45) is 6.58. The largest absolute Gasteiger partial charge is 0.397 e. The van der Waals surface area contributed by atoms with Crippen LogP contribution in [0.25, 0.3) is 0 Å². The molecule has 1 aliphatic carbocycles. The fraction of sp³-hybridized carbons (Fsp3) is 0.562. The second-order valence-corrected chi connectivity index (χ2v) is 6.42. The van der Waals surface area contributed by atoms with E-state index in [1.807, 2.05) is 7.05 Å². The fourth-order valence-corrected chi connectivity index (χ4v) is 3.14. The Bertz CT molecular complexity index is 486. The number of nitrogens with zero attached hydrogens (tertiary/aromatic N) is 1. The molecule has 1 aromatic carbocycles.